The van der Waals surface area contributed by atoms with Crippen LogP contribution in [-0.4, -0.2) is 25.6 Å². The second kappa shape index (κ2) is 9.30. The molecule has 1 heterocycles. The molecule has 0 radical (unpaired) electrons. The molecule has 3 aromatic rings. The SMILES string of the molecule is N#CCCNC(=O)c1cccc(-c2ccc3c(c2)N(c2ccc(Cl)cc2Cl)CCO3)c1. The zero-order valence-corrected chi connectivity index (χ0v) is 18.1. The number of hydrogen-bond donors (Lipinski definition) is 1. The molecule has 1 amide bonds. The standard InChI is InChI=1S/C24H19Cl2N3O2/c25-19-6-7-21(20(26)15-19)29-11-12-31-23-8-5-17(14-22(23)29)16-3-1-4-18(13-16)24(30)28-10-2-9-27/h1,3-8,13-15H,2,10-12H2,(H,28,30). The van der Waals surface area contributed by atoms with Crippen LogP contribution in [0.2, 0.25) is 10.0 Å². The Hall–Kier alpha value is -3.20. The van der Waals surface area contributed by atoms with Crippen molar-refractivity contribution in [1.29, 1.82) is 5.26 Å². The van der Waals surface area contributed by atoms with Gasteiger partial charge in [0.25, 0.3) is 5.91 Å². The maximum Gasteiger partial charge on any atom is 0.251 e. The second-order valence-corrected chi connectivity index (χ2v) is 7.87. The summed E-state index contributed by atoms with van der Waals surface area (Å²) in [5, 5.41) is 12.6. The molecule has 0 unspecified atom stereocenters. The molecule has 1 aliphatic heterocycles. The molecule has 4 rings (SSSR count). The van der Waals surface area contributed by atoms with E-state index < -0.39 is 0 Å². The average molecular weight is 452 g/mol. The van der Waals surface area contributed by atoms with Crippen LogP contribution >= 0.6 is 23.2 Å². The van der Waals surface area contributed by atoms with Crippen LogP contribution in [0, 0.1) is 11.3 Å². The number of ether oxygens (including phenoxy) is 1. The molecule has 0 saturated heterocycles. The van der Waals surface area contributed by atoms with Crippen molar-refractivity contribution in [2.75, 3.05) is 24.6 Å². The Bertz CT molecular complexity index is 1170. The molecule has 1 N–H and O–H groups in total. The quantitative estimate of drug-likeness (QED) is 0.495. The summed E-state index contributed by atoms with van der Waals surface area (Å²) in [6.45, 7) is 1.52. The molecule has 1 aliphatic rings. The third-order valence-electron chi connectivity index (χ3n) is 5.00. The van der Waals surface area contributed by atoms with Crippen LogP contribution < -0.4 is 15.0 Å². The number of hydrogen-bond acceptors (Lipinski definition) is 4. The summed E-state index contributed by atoms with van der Waals surface area (Å²) in [6.07, 6.45) is 0.277. The molecule has 3 aromatic carbocycles. The van der Waals surface area contributed by atoms with Gasteiger partial charge in [-0.2, -0.15) is 5.26 Å². The molecule has 0 fully saturated rings. The van der Waals surface area contributed by atoms with Crippen molar-refractivity contribution in [3.63, 3.8) is 0 Å². The van der Waals surface area contributed by atoms with Crippen LogP contribution in [0.4, 0.5) is 11.4 Å². The molecule has 0 atom stereocenters. The highest BCUT2D eigenvalue weighted by Gasteiger charge is 2.22. The Morgan fingerprint density at radius 1 is 1.06 bits per heavy atom. The number of anilines is 2. The highest BCUT2D eigenvalue weighted by Crippen LogP contribution is 2.42. The topological polar surface area (TPSA) is 65.4 Å². The molecule has 31 heavy (non-hydrogen) atoms. The fourth-order valence-electron chi connectivity index (χ4n) is 3.52. The highest BCUT2D eigenvalue weighted by atomic mass is 35.5. The fourth-order valence-corrected chi connectivity index (χ4v) is 4.03. The molecule has 156 valence electrons. The van der Waals surface area contributed by atoms with Gasteiger partial charge < -0.3 is 15.0 Å². The van der Waals surface area contributed by atoms with Crippen LogP contribution in [0.15, 0.2) is 60.7 Å². The van der Waals surface area contributed by atoms with Gasteiger partial charge in [-0.15, -0.1) is 0 Å². The molecule has 0 spiro atoms. The van der Waals surface area contributed by atoms with Gasteiger partial charge in [0.05, 0.1) is 35.4 Å². The summed E-state index contributed by atoms with van der Waals surface area (Å²) < 4.78 is 5.85. The number of nitrogens with zero attached hydrogens (tertiary/aromatic N) is 2. The van der Waals surface area contributed by atoms with E-state index in [2.05, 4.69) is 10.2 Å². The molecule has 0 aliphatic carbocycles. The van der Waals surface area contributed by atoms with E-state index in [1.165, 1.54) is 0 Å². The molecular weight excluding hydrogens is 433 g/mol. The van der Waals surface area contributed by atoms with E-state index in [0.717, 1.165) is 28.3 Å². The zero-order valence-electron chi connectivity index (χ0n) is 16.6. The van der Waals surface area contributed by atoms with Gasteiger partial charge in [-0.05, 0) is 53.6 Å². The zero-order chi connectivity index (χ0) is 21.8. The Balaban J connectivity index is 1.67. The minimum absolute atomic E-state index is 0.201. The van der Waals surface area contributed by atoms with Crippen molar-refractivity contribution in [3.05, 3.63) is 76.3 Å². The van der Waals surface area contributed by atoms with Crippen LogP contribution in [-0.2, 0) is 0 Å². The molecule has 0 aromatic heterocycles. The summed E-state index contributed by atoms with van der Waals surface area (Å²) in [6, 6.07) is 20.8. The molecule has 0 saturated carbocycles. The van der Waals surface area contributed by atoms with Gasteiger partial charge in [0, 0.05) is 17.1 Å². The average Bonchev–Trinajstić information content (AvgIpc) is 2.79. The minimum atomic E-state index is -0.201. The summed E-state index contributed by atoms with van der Waals surface area (Å²) in [4.78, 5) is 14.5. The van der Waals surface area contributed by atoms with Crippen molar-refractivity contribution >= 4 is 40.5 Å². The molecule has 7 heteroatoms. The number of nitriles is 1. The Morgan fingerprint density at radius 2 is 1.90 bits per heavy atom. The number of carbonyl (C=O) groups is 1. The maximum atomic E-state index is 12.4. The Morgan fingerprint density at radius 3 is 2.71 bits per heavy atom. The van der Waals surface area contributed by atoms with Crippen LogP contribution in [0.3, 0.4) is 0 Å². The van der Waals surface area contributed by atoms with Gasteiger partial charge in [-0.25, -0.2) is 0 Å². The summed E-state index contributed by atoms with van der Waals surface area (Å²) in [5.41, 5.74) is 4.16. The normalized spacial score (nSPS) is 12.5. The number of amides is 1. The third-order valence-corrected chi connectivity index (χ3v) is 5.54. The minimum Gasteiger partial charge on any atom is -0.490 e. The monoisotopic (exact) mass is 451 g/mol. The number of benzene rings is 3. The van der Waals surface area contributed by atoms with Gasteiger partial charge in [-0.1, -0.05) is 41.4 Å². The number of halogens is 2. The molecule has 5 nitrogen and oxygen atoms in total. The lowest BCUT2D eigenvalue weighted by atomic mass is 10.0. The van der Waals surface area contributed by atoms with E-state index in [1.807, 2.05) is 54.6 Å². The first-order valence-corrected chi connectivity index (χ1v) is 10.6. The maximum absolute atomic E-state index is 12.4. The van der Waals surface area contributed by atoms with Crippen molar-refractivity contribution in [3.8, 4) is 22.9 Å². The predicted octanol–water partition coefficient (Wildman–Crippen LogP) is 5.83. The fraction of sp³-hybridized carbons (Fsp3) is 0.167. The first kappa shape index (κ1) is 21.0. The first-order chi connectivity index (χ1) is 15.1. The Kier molecular flexibility index (Phi) is 6.31. The van der Waals surface area contributed by atoms with E-state index >= 15 is 0 Å². The predicted molar refractivity (Wildman–Crippen MR) is 123 cm³/mol. The number of rotatable bonds is 5. The highest BCUT2D eigenvalue weighted by molar-refractivity contribution is 6.36. The lowest BCUT2D eigenvalue weighted by Crippen LogP contribution is -2.28. The van der Waals surface area contributed by atoms with E-state index in [-0.39, 0.29) is 12.3 Å². The van der Waals surface area contributed by atoms with Gasteiger partial charge in [0.2, 0.25) is 0 Å². The lowest BCUT2D eigenvalue weighted by Gasteiger charge is -2.32. The van der Waals surface area contributed by atoms with Gasteiger partial charge >= 0.3 is 0 Å². The summed E-state index contributed by atoms with van der Waals surface area (Å²) in [5.74, 6) is 0.569. The van der Waals surface area contributed by atoms with Gasteiger partial charge in [-0.3, -0.25) is 4.79 Å². The van der Waals surface area contributed by atoms with E-state index in [4.69, 9.17) is 33.2 Å². The summed E-state index contributed by atoms with van der Waals surface area (Å²) in [7, 11) is 0. The number of carbonyl (C=O) groups excluding carboxylic acids is 1. The van der Waals surface area contributed by atoms with Crippen molar-refractivity contribution in [2.24, 2.45) is 0 Å². The van der Waals surface area contributed by atoms with Crippen LogP contribution in [0.5, 0.6) is 5.75 Å². The molecule has 0 bridgehead atoms. The van der Waals surface area contributed by atoms with Crippen molar-refractivity contribution in [2.45, 2.75) is 6.42 Å². The van der Waals surface area contributed by atoms with E-state index in [0.29, 0.717) is 35.3 Å². The van der Waals surface area contributed by atoms with Crippen molar-refractivity contribution in [1.82, 2.24) is 5.32 Å². The first-order valence-electron chi connectivity index (χ1n) is 9.82. The van der Waals surface area contributed by atoms with Crippen LogP contribution in [0.25, 0.3) is 11.1 Å². The lowest BCUT2D eigenvalue weighted by molar-refractivity contribution is 0.0954. The second-order valence-electron chi connectivity index (χ2n) is 7.02. The van der Waals surface area contributed by atoms with E-state index in [1.54, 1.807) is 12.1 Å². The third kappa shape index (κ3) is 4.61. The van der Waals surface area contributed by atoms with Gasteiger partial charge in [0.1, 0.15) is 12.4 Å². The number of nitrogens with one attached hydrogen (secondary N) is 1. The van der Waals surface area contributed by atoms with Crippen LogP contribution in [0.1, 0.15) is 16.8 Å². The largest absolute Gasteiger partial charge is 0.490 e. The number of fused-ring (bicyclic) bond motifs is 1. The van der Waals surface area contributed by atoms with E-state index in [9.17, 15) is 4.79 Å². The molecular formula is C24H19Cl2N3O2. The summed E-state index contributed by atoms with van der Waals surface area (Å²) >= 11 is 12.5. The smallest absolute Gasteiger partial charge is 0.251 e. The van der Waals surface area contributed by atoms with Crippen molar-refractivity contribution < 1.29 is 9.53 Å². The van der Waals surface area contributed by atoms with Gasteiger partial charge in [0.15, 0.2) is 0 Å². The Labute approximate surface area is 190 Å².